The van der Waals surface area contributed by atoms with Gasteiger partial charge in [-0.1, -0.05) is 58.4 Å². The zero-order chi connectivity index (χ0) is 16.8. The van der Waals surface area contributed by atoms with Crippen molar-refractivity contribution in [3.8, 4) is 0 Å². The number of nitrogens with zero attached hydrogens (tertiary/aromatic N) is 1. The summed E-state index contributed by atoms with van der Waals surface area (Å²) in [5, 5.41) is 0. The van der Waals surface area contributed by atoms with Crippen LogP contribution in [0.2, 0.25) is 0 Å². The monoisotopic (exact) mass is 383 g/mol. The summed E-state index contributed by atoms with van der Waals surface area (Å²) in [7, 11) is 0. The van der Waals surface area contributed by atoms with Gasteiger partial charge in [0.2, 0.25) is 0 Å². The fourth-order valence-corrected chi connectivity index (χ4v) is 3.27. The van der Waals surface area contributed by atoms with E-state index in [0.29, 0.717) is 12.5 Å². The Morgan fingerprint density at radius 1 is 0.958 bits per heavy atom. The second kappa shape index (κ2) is 8.27. The Morgan fingerprint density at radius 2 is 1.67 bits per heavy atom. The van der Waals surface area contributed by atoms with Crippen LogP contribution in [-0.4, -0.2) is 16.5 Å². The number of nitrogens with two attached hydrogens (primary N) is 1. The van der Waals surface area contributed by atoms with Crippen LogP contribution in [0.25, 0.3) is 0 Å². The minimum atomic E-state index is 0.363. The van der Waals surface area contributed by atoms with Gasteiger partial charge in [-0.3, -0.25) is 0 Å². The van der Waals surface area contributed by atoms with E-state index >= 15 is 0 Å². The predicted molar refractivity (Wildman–Crippen MR) is 102 cm³/mol. The van der Waals surface area contributed by atoms with E-state index < -0.39 is 0 Å². The summed E-state index contributed by atoms with van der Waals surface area (Å²) in [6.45, 7) is 0.646. The molecule has 3 N–H and O–H groups in total. The Labute approximate surface area is 151 Å². The van der Waals surface area contributed by atoms with E-state index in [9.17, 15) is 0 Å². The molecule has 0 aliphatic heterocycles. The molecule has 1 atom stereocenters. The van der Waals surface area contributed by atoms with Gasteiger partial charge in [-0.05, 0) is 36.2 Å². The number of rotatable bonds is 7. The first-order chi connectivity index (χ1) is 11.8. The summed E-state index contributed by atoms with van der Waals surface area (Å²) in [6, 6.07) is 19.3. The second-order valence-electron chi connectivity index (χ2n) is 5.95. The van der Waals surface area contributed by atoms with Gasteiger partial charge in [-0.15, -0.1) is 0 Å². The van der Waals surface area contributed by atoms with Crippen LogP contribution < -0.4 is 5.73 Å². The second-order valence-corrected chi connectivity index (χ2v) is 6.86. The molecule has 124 valence electrons. The van der Waals surface area contributed by atoms with Crippen molar-refractivity contribution in [1.82, 2.24) is 9.97 Å². The van der Waals surface area contributed by atoms with Crippen LogP contribution >= 0.6 is 15.9 Å². The van der Waals surface area contributed by atoms with Crippen molar-refractivity contribution in [3.05, 3.63) is 87.9 Å². The molecule has 0 aliphatic carbocycles. The highest BCUT2D eigenvalue weighted by Crippen LogP contribution is 2.30. The van der Waals surface area contributed by atoms with Gasteiger partial charge < -0.3 is 10.7 Å². The predicted octanol–water partition coefficient (Wildman–Crippen LogP) is 4.44. The molecule has 24 heavy (non-hydrogen) atoms. The molecular formula is C20H22BrN3. The fourth-order valence-electron chi connectivity index (χ4n) is 3.00. The van der Waals surface area contributed by atoms with E-state index in [4.69, 9.17) is 5.73 Å². The summed E-state index contributed by atoms with van der Waals surface area (Å²) in [6.07, 6.45) is 4.68. The Morgan fingerprint density at radius 3 is 2.38 bits per heavy atom. The average molecular weight is 384 g/mol. The summed E-state index contributed by atoms with van der Waals surface area (Å²) in [4.78, 5) is 7.87. The minimum absolute atomic E-state index is 0.363. The third-order valence-electron chi connectivity index (χ3n) is 4.24. The van der Waals surface area contributed by atoms with Crippen LogP contribution in [0.1, 0.15) is 35.0 Å². The number of benzene rings is 2. The zero-order valence-electron chi connectivity index (χ0n) is 13.6. The summed E-state index contributed by atoms with van der Waals surface area (Å²) in [5.74, 6) is 1.40. The maximum atomic E-state index is 5.60. The van der Waals surface area contributed by atoms with E-state index in [1.54, 1.807) is 0 Å². The molecule has 2 aromatic carbocycles. The van der Waals surface area contributed by atoms with Gasteiger partial charge in [0.05, 0.1) is 0 Å². The Hall–Kier alpha value is -1.91. The molecule has 0 fully saturated rings. The van der Waals surface area contributed by atoms with Crippen LogP contribution in [0.5, 0.6) is 0 Å². The van der Waals surface area contributed by atoms with Gasteiger partial charge in [-0.2, -0.15) is 0 Å². The smallest absolute Gasteiger partial charge is 0.106 e. The lowest BCUT2D eigenvalue weighted by molar-refractivity contribution is 0.693. The quantitative estimate of drug-likeness (QED) is 0.633. The number of aromatic nitrogens is 2. The molecule has 3 aromatic rings. The molecule has 0 radical (unpaired) electrons. The van der Waals surface area contributed by atoms with Crippen LogP contribution in [0.3, 0.4) is 0 Å². The highest BCUT2D eigenvalue weighted by atomic mass is 79.9. The molecule has 0 saturated heterocycles. The number of imidazole rings is 1. The van der Waals surface area contributed by atoms with Crippen molar-refractivity contribution in [3.63, 3.8) is 0 Å². The van der Waals surface area contributed by atoms with E-state index in [1.807, 2.05) is 6.20 Å². The lowest BCUT2D eigenvalue weighted by Crippen LogP contribution is -2.05. The van der Waals surface area contributed by atoms with Gasteiger partial charge in [0.1, 0.15) is 5.82 Å². The highest BCUT2D eigenvalue weighted by Gasteiger charge is 2.15. The average Bonchev–Trinajstić information content (AvgIpc) is 3.05. The molecule has 0 amide bonds. The standard InChI is InChI=1S/C20H22BrN3/c21-17-8-6-16(7-9-17)19(15-4-2-1-3-5-15)10-11-20-23-14-18(24-20)12-13-22/h1-9,14,19H,10-13,22H2,(H,23,24). The first-order valence-electron chi connectivity index (χ1n) is 8.29. The number of halogens is 1. The first kappa shape index (κ1) is 16.9. The molecule has 3 rings (SSSR count). The van der Waals surface area contributed by atoms with E-state index in [-0.39, 0.29) is 0 Å². The number of hydrogen-bond donors (Lipinski definition) is 2. The van der Waals surface area contributed by atoms with Crippen molar-refractivity contribution in [2.24, 2.45) is 5.73 Å². The minimum Gasteiger partial charge on any atom is -0.346 e. The molecule has 1 heterocycles. The largest absolute Gasteiger partial charge is 0.346 e. The normalized spacial score (nSPS) is 12.2. The Bertz CT molecular complexity index is 750. The fraction of sp³-hybridized carbons (Fsp3) is 0.250. The van der Waals surface area contributed by atoms with Gasteiger partial charge in [0.15, 0.2) is 0 Å². The van der Waals surface area contributed by atoms with Gasteiger partial charge in [0.25, 0.3) is 0 Å². The first-order valence-corrected chi connectivity index (χ1v) is 9.09. The van der Waals surface area contributed by atoms with E-state index in [1.165, 1.54) is 11.1 Å². The molecule has 0 spiro atoms. The Kier molecular flexibility index (Phi) is 5.83. The van der Waals surface area contributed by atoms with E-state index in [2.05, 4.69) is 80.5 Å². The van der Waals surface area contributed by atoms with Crippen LogP contribution in [0.4, 0.5) is 0 Å². The number of aryl methyl sites for hydroxylation is 1. The molecule has 4 heteroatoms. The highest BCUT2D eigenvalue weighted by molar-refractivity contribution is 9.10. The van der Waals surface area contributed by atoms with Crippen LogP contribution in [0, 0.1) is 0 Å². The maximum absolute atomic E-state index is 5.60. The summed E-state index contributed by atoms with van der Waals surface area (Å²) in [5.41, 5.74) is 9.40. The van der Waals surface area contributed by atoms with Crippen molar-refractivity contribution in [2.45, 2.75) is 25.2 Å². The van der Waals surface area contributed by atoms with Gasteiger partial charge >= 0.3 is 0 Å². The maximum Gasteiger partial charge on any atom is 0.106 e. The molecule has 0 aliphatic rings. The third kappa shape index (κ3) is 4.34. The number of nitrogens with one attached hydrogen (secondary N) is 1. The van der Waals surface area contributed by atoms with Crippen molar-refractivity contribution in [1.29, 1.82) is 0 Å². The molecule has 3 nitrogen and oxygen atoms in total. The SMILES string of the molecule is NCCc1cnc(CCC(c2ccccc2)c2ccc(Br)cc2)[nH]1. The van der Waals surface area contributed by atoms with Gasteiger partial charge in [0, 0.05) is 35.1 Å². The van der Waals surface area contributed by atoms with E-state index in [0.717, 1.165) is 35.3 Å². The number of aromatic amines is 1. The molecule has 0 bridgehead atoms. The van der Waals surface area contributed by atoms with Gasteiger partial charge in [-0.25, -0.2) is 4.98 Å². The summed E-state index contributed by atoms with van der Waals surface area (Å²) < 4.78 is 1.11. The lowest BCUT2D eigenvalue weighted by atomic mass is 9.87. The topological polar surface area (TPSA) is 54.7 Å². The van der Waals surface area contributed by atoms with Crippen molar-refractivity contribution >= 4 is 15.9 Å². The summed E-state index contributed by atoms with van der Waals surface area (Å²) >= 11 is 3.52. The molecular weight excluding hydrogens is 362 g/mol. The zero-order valence-corrected chi connectivity index (χ0v) is 15.2. The van der Waals surface area contributed by atoms with Crippen LogP contribution in [-0.2, 0) is 12.8 Å². The third-order valence-corrected chi connectivity index (χ3v) is 4.77. The molecule has 1 unspecified atom stereocenters. The van der Waals surface area contributed by atoms with Crippen LogP contribution in [0.15, 0.2) is 65.3 Å². The molecule has 1 aromatic heterocycles. The number of hydrogen-bond acceptors (Lipinski definition) is 2. The number of H-pyrrole nitrogens is 1. The molecule has 0 saturated carbocycles. The lowest BCUT2D eigenvalue weighted by Gasteiger charge is -2.18. The van der Waals surface area contributed by atoms with Crippen molar-refractivity contribution in [2.75, 3.05) is 6.54 Å². The Balaban J connectivity index is 1.78. The van der Waals surface area contributed by atoms with Crippen molar-refractivity contribution < 1.29 is 0 Å².